The molecule has 0 unspecified atom stereocenters. The van der Waals surface area contributed by atoms with Crippen LogP contribution in [0.3, 0.4) is 0 Å². The highest BCUT2D eigenvalue weighted by Crippen LogP contribution is 2.38. The van der Waals surface area contributed by atoms with E-state index in [0.29, 0.717) is 32.5 Å². The smallest absolute Gasteiger partial charge is 0.371 e. The lowest BCUT2D eigenvalue weighted by Gasteiger charge is -2.34. The highest BCUT2D eigenvalue weighted by atomic mass is 19.4. The summed E-state index contributed by atoms with van der Waals surface area (Å²) < 4.78 is 40.1. The van der Waals surface area contributed by atoms with Gasteiger partial charge in [-0.15, -0.1) is 0 Å². The minimum absolute atomic E-state index is 0.00932. The largest absolute Gasteiger partial charge is 0.418 e. The second-order valence-corrected chi connectivity index (χ2v) is 7.31. The number of piperidine rings is 1. The molecule has 1 saturated heterocycles. The Balaban J connectivity index is 1.62. The predicted molar refractivity (Wildman–Crippen MR) is 104 cm³/mol. The molecule has 2 aromatic rings. The van der Waals surface area contributed by atoms with Crippen LogP contribution in [0, 0.1) is 24.2 Å². The molecule has 29 heavy (non-hydrogen) atoms. The van der Waals surface area contributed by atoms with Gasteiger partial charge in [-0.2, -0.15) is 18.4 Å². The van der Waals surface area contributed by atoms with Gasteiger partial charge in [0.15, 0.2) is 0 Å². The second-order valence-electron chi connectivity index (χ2n) is 7.31. The van der Waals surface area contributed by atoms with Gasteiger partial charge in [0.1, 0.15) is 0 Å². The number of alkyl halides is 3. The van der Waals surface area contributed by atoms with Crippen molar-refractivity contribution in [1.82, 2.24) is 5.32 Å². The molecule has 0 radical (unpaired) electrons. The third-order valence-electron chi connectivity index (χ3n) is 5.23. The molecule has 4 nitrogen and oxygen atoms in total. The Hall–Kier alpha value is -3.01. The Morgan fingerprint density at radius 2 is 1.83 bits per heavy atom. The van der Waals surface area contributed by atoms with Gasteiger partial charge in [-0.05, 0) is 43.5 Å². The van der Waals surface area contributed by atoms with Gasteiger partial charge in [0.05, 0.1) is 22.9 Å². The zero-order valence-corrected chi connectivity index (χ0v) is 16.1. The molecule has 3 rings (SSSR count). The molecule has 0 spiro atoms. The van der Waals surface area contributed by atoms with Crippen LogP contribution in [0.25, 0.3) is 0 Å². The Bertz CT molecular complexity index is 908. The summed E-state index contributed by atoms with van der Waals surface area (Å²) >= 11 is 0. The fourth-order valence-corrected chi connectivity index (χ4v) is 3.52. The molecule has 2 aromatic carbocycles. The number of anilines is 1. The van der Waals surface area contributed by atoms with E-state index in [4.69, 9.17) is 5.26 Å². The summed E-state index contributed by atoms with van der Waals surface area (Å²) in [5.41, 5.74) is 1.59. The molecule has 0 aliphatic carbocycles. The van der Waals surface area contributed by atoms with Gasteiger partial charge in [-0.1, -0.05) is 29.8 Å². The van der Waals surface area contributed by atoms with E-state index < -0.39 is 11.7 Å². The van der Waals surface area contributed by atoms with Crippen molar-refractivity contribution in [1.29, 1.82) is 5.26 Å². The molecule has 1 amide bonds. The molecule has 0 atom stereocenters. The van der Waals surface area contributed by atoms with Crippen molar-refractivity contribution in [2.75, 3.05) is 18.0 Å². The SMILES string of the molecule is Cc1ccc(CNC(=O)C2CCN(c3cc(C#N)ccc3C(F)(F)F)CC2)cc1. The zero-order valence-electron chi connectivity index (χ0n) is 16.1. The molecule has 0 saturated carbocycles. The Morgan fingerprint density at radius 3 is 2.41 bits per heavy atom. The van der Waals surface area contributed by atoms with E-state index >= 15 is 0 Å². The highest BCUT2D eigenvalue weighted by Gasteiger charge is 2.36. The van der Waals surface area contributed by atoms with E-state index in [9.17, 15) is 18.0 Å². The fourth-order valence-electron chi connectivity index (χ4n) is 3.52. The van der Waals surface area contributed by atoms with Gasteiger partial charge in [0.25, 0.3) is 0 Å². The molecule has 7 heteroatoms. The van der Waals surface area contributed by atoms with Crippen molar-refractivity contribution in [3.8, 4) is 6.07 Å². The van der Waals surface area contributed by atoms with Crippen LogP contribution in [0.4, 0.5) is 18.9 Å². The summed E-state index contributed by atoms with van der Waals surface area (Å²) in [5, 5.41) is 12.0. The zero-order chi connectivity index (χ0) is 21.0. The first kappa shape index (κ1) is 20.7. The van der Waals surface area contributed by atoms with E-state index in [1.54, 1.807) is 4.90 Å². The number of nitrogens with zero attached hydrogens (tertiary/aromatic N) is 2. The average molecular weight is 401 g/mol. The van der Waals surface area contributed by atoms with Crippen LogP contribution in [0.1, 0.15) is 35.1 Å². The van der Waals surface area contributed by atoms with E-state index in [1.165, 1.54) is 12.1 Å². The van der Waals surface area contributed by atoms with Gasteiger partial charge in [-0.25, -0.2) is 0 Å². The first-order valence-electron chi connectivity index (χ1n) is 9.47. The molecule has 1 N–H and O–H groups in total. The van der Waals surface area contributed by atoms with Crippen LogP contribution in [0.15, 0.2) is 42.5 Å². The lowest BCUT2D eigenvalue weighted by molar-refractivity contribution is -0.137. The number of rotatable bonds is 4. The molecule has 0 aromatic heterocycles. The van der Waals surface area contributed by atoms with E-state index in [1.807, 2.05) is 37.3 Å². The van der Waals surface area contributed by atoms with Gasteiger partial charge in [0, 0.05) is 25.6 Å². The number of nitriles is 1. The van der Waals surface area contributed by atoms with Gasteiger partial charge < -0.3 is 10.2 Å². The number of halogens is 3. The number of hydrogen-bond acceptors (Lipinski definition) is 3. The minimum Gasteiger partial charge on any atom is -0.371 e. The molecule has 152 valence electrons. The van der Waals surface area contributed by atoms with E-state index in [-0.39, 0.29) is 23.1 Å². The number of benzene rings is 2. The number of carbonyl (C=O) groups is 1. The topological polar surface area (TPSA) is 56.1 Å². The number of aryl methyl sites for hydroxylation is 1. The quantitative estimate of drug-likeness (QED) is 0.825. The van der Waals surface area contributed by atoms with Crippen LogP contribution in [0.5, 0.6) is 0 Å². The maximum atomic E-state index is 13.4. The highest BCUT2D eigenvalue weighted by molar-refractivity contribution is 5.79. The monoisotopic (exact) mass is 401 g/mol. The molecular weight excluding hydrogens is 379 g/mol. The van der Waals surface area contributed by atoms with Crippen LogP contribution in [-0.4, -0.2) is 19.0 Å². The summed E-state index contributed by atoms with van der Waals surface area (Å²) in [6, 6.07) is 13.2. The number of hydrogen-bond donors (Lipinski definition) is 1. The first-order valence-corrected chi connectivity index (χ1v) is 9.47. The molecular formula is C22H22F3N3O. The van der Waals surface area contributed by atoms with Gasteiger partial charge in [0.2, 0.25) is 5.91 Å². The van der Waals surface area contributed by atoms with Gasteiger partial charge in [-0.3, -0.25) is 4.79 Å². The van der Waals surface area contributed by atoms with Crippen LogP contribution < -0.4 is 10.2 Å². The van der Waals surface area contributed by atoms with Crippen LogP contribution in [-0.2, 0) is 17.5 Å². The maximum Gasteiger partial charge on any atom is 0.418 e. The Kier molecular flexibility index (Phi) is 6.12. The van der Waals surface area contributed by atoms with Crippen molar-refractivity contribution in [2.45, 2.75) is 32.5 Å². The summed E-state index contributed by atoms with van der Waals surface area (Å²) in [6.45, 7) is 3.09. The lowest BCUT2D eigenvalue weighted by Crippen LogP contribution is -2.41. The molecule has 0 bridgehead atoms. The third-order valence-corrected chi connectivity index (χ3v) is 5.23. The van der Waals surface area contributed by atoms with Crippen molar-refractivity contribution in [3.05, 3.63) is 64.7 Å². The maximum absolute atomic E-state index is 13.4. The van der Waals surface area contributed by atoms with Crippen molar-refractivity contribution in [3.63, 3.8) is 0 Å². The van der Waals surface area contributed by atoms with Crippen LogP contribution >= 0.6 is 0 Å². The third kappa shape index (κ3) is 5.08. The van der Waals surface area contributed by atoms with Crippen LogP contribution in [0.2, 0.25) is 0 Å². The minimum atomic E-state index is -4.49. The first-order chi connectivity index (χ1) is 13.8. The van der Waals surface area contributed by atoms with E-state index in [0.717, 1.165) is 17.2 Å². The van der Waals surface area contributed by atoms with Crippen molar-refractivity contribution in [2.24, 2.45) is 5.92 Å². The fraction of sp³-hybridized carbons (Fsp3) is 0.364. The molecule has 1 aliphatic rings. The number of amides is 1. The Labute approximate surface area is 167 Å². The molecule has 1 fully saturated rings. The summed E-state index contributed by atoms with van der Waals surface area (Å²) in [7, 11) is 0. The normalized spacial score (nSPS) is 15.1. The summed E-state index contributed by atoms with van der Waals surface area (Å²) in [6.07, 6.45) is -3.56. The second kappa shape index (κ2) is 8.56. The number of nitrogens with one attached hydrogen (secondary N) is 1. The average Bonchev–Trinajstić information content (AvgIpc) is 2.72. The standard InChI is InChI=1S/C22H22F3N3O/c1-15-2-4-16(5-3-15)14-27-21(29)18-8-10-28(11-9-18)20-12-17(13-26)6-7-19(20)22(23,24)25/h2-7,12,18H,8-11,14H2,1H3,(H,27,29). The van der Waals surface area contributed by atoms with Crippen molar-refractivity contribution >= 4 is 11.6 Å². The lowest BCUT2D eigenvalue weighted by atomic mass is 9.94. The molecule has 1 aliphatic heterocycles. The predicted octanol–water partition coefficient (Wildman–Crippen LogP) is 4.42. The molecule has 1 heterocycles. The summed E-state index contributed by atoms with van der Waals surface area (Å²) in [5.74, 6) is -0.308. The number of carbonyl (C=O) groups excluding carboxylic acids is 1. The van der Waals surface area contributed by atoms with Crippen molar-refractivity contribution < 1.29 is 18.0 Å². The van der Waals surface area contributed by atoms with Gasteiger partial charge >= 0.3 is 6.18 Å². The summed E-state index contributed by atoms with van der Waals surface area (Å²) in [4.78, 5) is 14.1. The Morgan fingerprint density at radius 1 is 1.17 bits per heavy atom. The van der Waals surface area contributed by atoms with E-state index in [2.05, 4.69) is 5.32 Å².